The first-order valence-electron chi connectivity index (χ1n) is 5.91. The molecule has 0 aliphatic rings. The molecule has 5 nitrogen and oxygen atoms in total. The second-order valence-corrected chi connectivity index (χ2v) is 6.92. The molecule has 1 aromatic rings. The summed E-state index contributed by atoms with van der Waals surface area (Å²) in [6.07, 6.45) is 0.737. The number of anilines is 1. The van der Waals surface area contributed by atoms with E-state index in [1.54, 1.807) is 6.07 Å². The molecule has 0 bridgehead atoms. The highest BCUT2D eigenvalue weighted by atomic mass is 79.9. The molecule has 0 radical (unpaired) electrons. The number of hydrogen-bond acceptors (Lipinski definition) is 3. The van der Waals surface area contributed by atoms with Gasteiger partial charge in [0.15, 0.2) is 0 Å². The largest absolute Gasteiger partial charge is 0.478 e. The quantitative estimate of drug-likeness (QED) is 0.697. The van der Waals surface area contributed by atoms with Crippen LogP contribution in [-0.2, 0) is 4.79 Å². The van der Waals surface area contributed by atoms with Crippen molar-refractivity contribution in [2.45, 2.75) is 32.2 Å². The van der Waals surface area contributed by atoms with Gasteiger partial charge in [0, 0.05) is 20.9 Å². The van der Waals surface area contributed by atoms with E-state index in [1.807, 2.05) is 13.8 Å². The van der Waals surface area contributed by atoms with Gasteiger partial charge in [-0.15, -0.1) is 0 Å². The van der Waals surface area contributed by atoms with Gasteiger partial charge >= 0.3 is 5.97 Å². The van der Waals surface area contributed by atoms with Gasteiger partial charge in [-0.25, -0.2) is 4.79 Å². The van der Waals surface area contributed by atoms with Gasteiger partial charge in [0.25, 0.3) is 0 Å². The minimum atomic E-state index is -1.11. The topological polar surface area (TPSA) is 92.4 Å². The molecule has 0 saturated carbocycles. The molecule has 1 amide bonds. The Morgan fingerprint density at radius 2 is 1.95 bits per heavy atom. The van der Waals surface area contributed by atoms with Crippen molar-refractivity contribution in [1.82, 2.24) is 0 Å². The minimum Gasteiger partial charge on any atom is -0.478 e. The van der Waals surface area contributed by atoms with Gasteiger partial charge in [-0.05, 0) is 48.3 Å². The number of carboxylic acids is 1. The van der Waals surface area contributed by atoms with Crippen LogP contribution >= 0.6 is 31.9 Å². The van der Waals surface area contributed by atoms with Gasteiger partial charge in [0.05, 0.1) is 11.3 Å². The highest BCUT2D eigenvalue weighted by Gasteiger charge is 2.18. The minimum absolute atomic E-state index is 0.0200. The molecular formula is C13H16Br2N2O3. The number of nitrogens with one attached hydrogen (secondary N) is 1. The number of carbonyl (C=O) groups is 2. The van der Waals surface area contributed by atoms with Crippen molar-refractivity contribution in [2.24, 2.45) is 5.73 Å². The molecule has 7 heteroatoms. The smallest absolute Gasteiger partial charge is 0.337 e. The summed E-state index contributed by atoms with van der Waals surface area (Å²) in [7, 11) is 0. The van der Waals surface area contributed by atoms with Gasteiger partial charge in [-0.3, -0.25) is 4.79 Å². The molecule has 1 aromatic carbocycles. The lowest BCUT2D eigenvalue weighted by molar-refractivity contribution is -0.116. The van der Waals surface area contributed by atoms with Crippen LogP contribution in [0.5, 0.6) is 0 Å². The van der Waals surface area contributed by atoms with Crippen LogP contribution < -0.4 is 11.1 Å². The predicted octanol–water partition coefficient (Wildman–Crippen LogP) is 3.37. The Hall–Kier alpha value is -0.920. The Morgan fingerprint density at radius 1 is 1.35 bits per heavy atom. The van der Waals surface area contributed by atoms with Gasteiger partial charge in [0.1, 0.15) is 0 Å². The van der Waals surface area contributed by atoms with E-state index in [0.29, 0.717) is 15.4 Å². The van der Waals surface area contributed by atoms with Crippen molar-refractivity contribution in [3.8, 4) is 0 Å². The fraction of sp³-hybridized carbons (Fsp3) is 0.385. The third-order valence-electron chi connectivity index (χ3n) is 2.55. The van der Waals surface area contributed by atoms with E-state index in [4.69, 9.17) is 5.73 Å². The summed E-state index contributed by atoms with van der Waals surface area (Å²) in [4.78, 5) is 23.1. The van der Waals surface area contributed by atoms with E-state index >= 15 is 0 Å². The van der Waals surface area contributed by atoms with Crippen LogP contribution in [0.4, 0.5) is 5.69 Å². The molecule has 0 heterocycles. The summed E-state index contributed by atoms with van der Waals surface area (Å²) in [5.74, 6) is -1.38. The first-order chi connectivity index (χ1) is 9.10. The average molecular weight is 408 g/mol. The number of nitrogens with two attached hydrogens (primary N) is 1. The van der Waals surface area contributed by atoms with Crippen molar-refractivity contribution < 1.29 is 14.7 Å². The maximum absolute atomic E-state index is 11.9. The van der Waals surface area contributed by atoms with Crippen LogP contribution in [-0.4, -0.2) is 22.5 Å². The SMILES string of the molecule is CC(C)(N)CCC(=O)Nc1c(Br)cc(Br)cc1C(=O)O. The number of aromatic carboxylic acids is 1. The summed E-state index contributed by atoms with van der Waals surface area (Å²) in [5.41, 5.74) is 5.65. The third-order valence-corrected chi connectivity index (χ3v) is 3.63. The average Bonchev–Trinajstić information content (AvgIpc) is 2.28. The summed E-state index contributed by atoms with van der Waals surface area (Å²) < 4.78 is 1.12. The van der Waals surface area contributed by atoms with Crippen molar-refractivity contribution in [3.05, 3.63) is 26.6 Å². The maximum atomic E-state index is 11.9. The molecule has 4 N–H and O–H groups in total. The Morgan fingerprint density at radius 3 is 2.45 bits per heavy atom. The lowest BCUT2D eigenvalue weighted by Gasteiger charge is -2.18. The Labute approximate surface area is 134 Å². The van der Waals surface area contributed by atoms with Crippen molar-refractivity contribution in [2.75, 3.05) is 5.32 Å². The number of benzene rings is 1. The van der Waals surface area contributed by atoms with E-state index in [0.717, 1.165) is 0 Å². The summed E-state index contributed by atoms with van der Waals surface area (Å²) in [6.45, 7) is 3.66. The molecule has 0 aromatic heterocycles. The molecule has 1 rings (SSSR count). The van der Waals surface area contributed by atoms with Crippen molar-refractivity contribution in [3.63, 3.8) is 0 Å². The lowest BCUT2D eigenvalue weighted by Crippen LogP contribution is -2.33. The predicted molar refractivity (Wildman–Crippen MR) is 84.9 cm³/mol. The fourth-order valence-electron chi connectivity index (χ4n) is 1.51. The summed E-state index contributed by atoms with van der Waals surface area (Å²) >= 11 is 6.47. The molecule has 0 atom stereocenters. The number of rotatable bonds is 5. The van der Waals surface area contributed by atoms with E-state index < -0.39 is 11.5 Å². The van der Waals surface area contributed by atoms with E-state index in [2.05, 4.69) is 37.2 Å². The first kappa shape index (κ1) is 17.1. The van der Waals surface area contributed by atoms with Crippen LogP contribution in [0.3, 0.4) is 0 Å². The number of hydrogen-bond donors (Lipinski definition) is 3. The van der Waals surface area contributed by atoms with Crippen LogP contribution in [0.15, 0.2) is 21.1 Å². The molecule has 0 aliphatic carbocycles. The summed E-state index contributed by atoms with van der Waals surface area (Å²) in [5, 5.41) is 11.8. The van der Waals surface area contributed by atoms with E-state index in [-0.39, 0.29) is 23.6 Å². The molecule has 0 spiro atoms. The maximum Gasteiger partial charge on any atom is 0.337 e. The second kappa shape index (κ2) is 6.69. The van der Waals surface area contributed by atoms with Gasteiger partial charge < -0.3 is 16.2 Å². The van der Waals surface area contributed by atoms with Crippen LogP contribution in [0, 0.1) is 0 Å². The number of carbonyl (C=O) groups excluding carboxylic acids is 1. The van der Waals surface area contributed by atoms with Crippen LogP contribution in [0.25, 0.3) is 0 Å². The van der Waals surface area contributed by atoms with Gasteiger partial charge in [-0.1, -0.05) is 15.9 Å². The highest BCUT2D eigenvalue weighted by Crippen LogP contribution is 2.31. The highest BCUT2D eigenvalue weighted by molar-refractivity contribution is 9.11. The number of amides is 1. The zero-order chi connectivity index (χ0) is 15.5. The van der Waals surface area contributed by atoms with Crippen LogP contribution in [0.2, 0.25) is 0 Å². The standard InChI is InChI=1S/C13H16Br2N2O3/c1-13(2,16)4-3-10(18)17-11-8(12(19)20)5-7(14)6-9(11)15/h5-6H,3-4,16H2,1-2H3,(H,17,18)(H,19,20). The normalized spacial score (nSPS) is 11.2. The second-order valence-electron chi connectivity index (χ2n) is 5.15. The zero-order valence-electron chi connectivity index (χ0n) is 11.2. The van der Waals surface area contributed by atoms with Crippen molar-refractivity contribution in [1.29, 1.82) is 0 Å². The molecule has 0 saturated heterocycles. The molecule has 0 unspecified atom stereocenters. The molecule has 0 aliphatic heterocycles. The Bertz CT molecular complexity index is 539. The summed E-state index contributed by atoms with van der Waals surface area (Å²) in [6, 6.07) is 3.12. The van der Waals surface area contributed by atoms with Gasteiger partial charge in [-0.2, -0.15) is 0 Å². The first-order valence-corrected chi connectivity index (χ1v) is 7.50. The Balaban J connectivity index is 2.92. The number of carboxylic acid groups (broad SMARTS) is 1. The third kappa shape index (κ3) is 5.22. The van der Waals surface area contributed by atoms with Gasteiger partial charge in [0.2, 0.25) is 5.91 Å². The van der Waals surface area contributed by atoms with E-state index in [1.165, 1.54) is 6.07 Å². The van der Waals surface area contributed by atoms with E-state index in [9.17, 15) is 14.7 Å². The molecule has 110 valence electrons. The zero-order valence-corrected chi connectivity index (χ0v) is 14.3. The number of halogens is 2. The lowest BCUT2D eigenvalue weighted by atomic mass is 10.00. The molecule has 20 heavy (non-hydrogen) atoms. The Kier molecular flexibility index (Phi) is 5.73. The van der Waals surface area contributed by atoms with Crippen molar-refractivity contribution >= 4 is 49.4 Å². The monoisotopic (exact) mass is 406 g/mol. The fourth-order valence-corrected chi connectivity index (χ4v) is 2.83. The molecular weight excluding hydrogens is 392 g/mol. The van der Waals surface area contributed by atoms with Crippen LogP contribution in [0.1, 0.15) is 37.0 Å². The molecule has 0 fully saturated rings.